The third kappa shape index (κ3) is 9.94. The van der Waals surface area contributed by atoms with Crippen molar-refractivity contribution in [3.8, 4) is 5.75 Å². The van der Waals surface area contributed by atoms with Crippen molar-refractivity contribution in [1.29, 1.82) is 0 Å². The maximum Gasteiger partial charge on any atom is 0.308 e. The zero-order chi connectivity index (χ0) is 15.4. The van der Waals surface area contributed by atoms with Crippen LogP contribution in [-0.2, 0) is 14.3 Å². The Morgan fingerprint density at radius 2 is 1.80 bits per heavy atom. The van der Waals surface area contributed by atoms with E-state index in [0.717, 1.165) is 6.42 Å². The molecule has 0 saturated heterocycles. The van der Waals surface area contributed by atoms with Crippen molar-refractivity contribution < 1.29 is 24.2 Å². The second-order valence-corrected chi connectivity index (χ2v) is 3.99. The molecule has 0 heterocycles. The zero-order valence-electron chi connectivity index (χ0n) is 12.2. The minimum Gasteiger partial charge on any atom is -0.481 e. The summed E-state index contributed by atoms with van der Waals surface area (Å²) in [5.41, 5.74) is 0. The molecule has 0 amide bonds. The highest BCUT2D eigenvalue weighted by atomic mass is 16.7. The number of carbonyl (C=O) groups excluding carboxylic acids is 1. The van der Waals surface area contributed by atoms with Crippen LogP contribution in [0.25, 0.3) is 0 Å². The van der Waals surface area contributed by atoms with Crippen LogP contribution in [0.4, 0.5) is 0 Å². The van der Waals surface area contributed by atoms with E-state index >= 15 is 0 Å². The molecule has 0 aromatic heterocycles. The van der Waals surface area contributed by atoms with Gasteiger partial charge in [0.25, 0.3) is 0 Å². The van der Waals surface area contributed by atoms with E-state index in [-0.39, 0.29) is 5.97 Å². The maximum absolute atomic E-state index is 10.9. The van der Waals surface area contributed by atoms with Gasteiger partial charge in [-0.1, -0.05) is 32.0 Å². The number of hydrogen-bond donors (Lipinski definition) is 1. The Hall–Kier alpha value is -2.04. The van der Waals surface area contributed by atoms with Gasteiger partial charge < -0.3 is 14.6 Å². The molecule has 1 N–H and O–H groups in total. The number of aliphatic carboxylic acids is 1. The minimum absolute atomic E-state index is 0.256. The highest BCUT2D eigenvalue weighted by Gasteiger charge is 2.07. The van der Waals surface area contributed by atoms with Gasteiger partial charge in [-0.15, -0.1) is 0 Å². The first-order valence-electron chi connectivity index (χ1n) is 6.62. The highest BCUT2D eigenvalue weighted by molar-refractivity contribution is 5.68. The Labute approximate surface area is 119 Å². The molecule has 1 aromatic rings. The van der Waals surface area contributed by atoms with Crippen LogP contribution in [-0.4, -0.2) is 23.3 Å². The van der Waals surface area contributed by atoms with E-state index in [1.54, 1.807) is 13.8 Å². The van der Waals surface area contributed by atoms with E-state index in [0.29, 0.717) is 18.6 Å². The normalized spacial score (nSPS) is 10.8. The van der Waals surface area contributed by atoms with Gasteiger partial charge in [-0.25, -0.2) is 0 Å². The largest absolute Gasteiger partial charge is 0.481 e. The number of hydrogen-bond acceptors (Lipinski definition) is 4. The Bertz CT molecular complexity index is 389. The van der Waals surface area contributed by atoms with Gasteiger partial charge in [0.2, 0.25) is 6.29 Å². The number of carboxylic acid groups (broad SMARTS) is 1. The van der Waals surface area contributed by atoms with Gasteiger partial charge >= 0.3 is 11.9 Å². The molecule has 5 heteroatoms. The Morgan fingerprint density at radius 1 is 1.20 bits per heavy atom. The molecule has 20 heavy (non-hydrogen) atoms. The summed E-state index contributed by atoms with van der Waals surface area (Å²) >= 11 is 0. The molecule has 0 fully saturated rings. The number of carboxylic acids is 1. The fourth-order valence-corrected chi connectivity index (χ4v) is 1.20. The summed E-state index contributed by atoms with van der Waals surface area (Å²) in [6.45, 7) is 5.28. The number of carbonyl (C=O) groups is 2. The van der Waals surface area contributed by atoms with Gasteiger partial charge in [0, 0.05) is 19.8 Å². The molecule has 1 aromatic carbocycles. The molecule has 0 bridgehead atoms. The first-order chi connectivity index (χ1) is 9.49. The first-order valence-corrected chi connectivity index (χ1v) is 6.62. The molecule has 1 atom stereocenters. The fourth-order valence-electron chi connectivity index (χ4n) is 1.20. The Kier molecular flexibility index (Phi) is 9.74. The topological polar surface area (TPSA) is 72.8 Å². The molecule has 0 spiro atoms. The van der Waals surface area contributed by atoms with Crippen molar-refractivity contribution in [2.45, 2.75) is 46.3 Å². The average molecular weight is 282 g/mol. The first kappa shape index (κ1) is 18.0. The summed E-state index contributed by atoms with van der Waals surface area (Å²) in [5.74, 6) is -0.269. The lowest BCUT2D eigenvalue weighted by molar-refractivity contribution is -0.160. The molecule has 1 unspecified atom stereocenters. The van der Waals surface area contributed by atoms with E-state index in [1.165, 1.54) is 0 Å². The molecule has 0 radical (unpaired) electrons. The number of para-hydroxylation sites is 1. The number of ether oxygens (including phenoxy) is 2. The van der Waals surface area contributed by atoms with Gasteiger partial charge in [0.15, 0.2) is 0 Å². The van der Waals surface area contributed by atoms with E-state index < -0.39 is 12.3 Å². The molecule has 0 aliphatic carbocycles. The van der Waals surface area contributed by atoms with Gasteiger partial charge in [0.05, 0.1) is 0 Å². The van der Waals surface area contributed by atoms with E-state index in [4.69, 9.17) is 14.6 Å². The third-order valence-corrected chi connectivity index (χ3v) is 2.10. The van der Waals surface area contributed by atoms with Gasteiger partial charge in [-0.2, -0.15) is 0 Å². The lowest BCUT2D eigenvalue weighted by Gasteiger charge is -2.14. The van der Waals surface area contributed by atoms with Crippen molar-refractivity contribution in [3.63, 3.8) is 0 Å². The predicted octanol–water partition coefficient (Wildman–Crippen LogP) is 3.24. The molecule has 0 aliphatic heterocycles. The molecule has 0 aliphatic rings. The Morgan fingerprint density at radius 3 is 2.20 bits per heavy atom. The summed E-state index contributed by atoms with van der Waals surface area (Å²) in [6.07, 6.45) is 0.850. The van der Waals surface area contributed by atoms with Crippen LogP contribution < -0.4 is 4.74 Å². The minimum atomic E-state index is -0.711. The molecule has 0 saturated carbocycles. The smallest absolute Gasteiger partial charge is 0.308 e. The molecule has 5 nitrogen and oxygen atoms in total. The predicted molar refractivity (Wildman–Crippen MR) is 75.5 cm³/mol. The monoisotopic (exact) mass is 282 g/mol. The van der Waals surface area contributed by atoms with Crippen LogP contribution in [0.2, 0.25) is 0 Å². The second kappa shape index (κ2) is 10.8. The Balaban J connectivity index is 0.000000511. The van der Waals surface area contributed by atoms with Crippen LogP contribution in [0.1, 0.15) is 40.0 Å². The van der Waals surface area contributed by atoms with Crippen LogP contribution in [0, 0.1) is 0 Å². The average Bonchev–Trinajstić information content (AvgIpc) is 2.40. The molecular weight excluding hydrogens is 260 g/mol. The van der Waals surface area contributed by atoms with Gasteiger partial charge in [-0.3, -0.25) is 9.59 Å². The van der Waals surface area contributed by atoms with Crippen molar-refractivity contribution >= 4 is 11.9 Å². The number of benzene rings is 1. The lowest BCUT2D eigenvalue weighted by atomic mass is 10.3. The van der Waals surface area contributed by atoms with Gasteiger partial charge in [-0.05, 0) is 18.6 Å². The van der Waals surface area contributed by atoms with Crippen molar-refractivity contribution in [3.05, 3.63) is 30.3 Å². The van der Waals surface area contributed by atoms with Crippen molar-refractivity contribution in [2.24, 2.45) is 0 Å². The molecular formula is C15H22O5. The maximum atomic E-state index is 10.9. The SMILES string of the molecule is CCC(=O)OC(C)Oc1ccccc1.CCCC(=O)O. The van der Waals surface area contributed by atoms with Crippen LogP contribution >= 0.6 is 0 Å². The third-order valence-electron chi connectivity index (χ3n) is 2.10. The zero-order valence-corrected chi connectivity index (χ0v) is 12.2. The van der Waals surface area contributed by atoms with Crippen molar-refractivity contribution in [1.82, 2.24) is 0 Å². The van der Waals surface area contributed by atoms with E-state index in [2.05, 4.69) is 0 Å². The van der Waals surface area contributed by atoms with Crippen LogP contribution in [0.5, 0.6) is 5.75 Å². The number of rotatable bonds is 6. The fraction of sp³-hybridized carbons (Fsp3) is 0.467. The highest BCUT2D eigenvalue weighted by Crippen LogP contribution is 2.11. The quantitative estimate of drug-likeness (QED) is 0.640. The second-order valence-electron chi connectivity index (χ2n) is 3.99. The lowest BCUT2D eigenvalue weighted by Crippen LogP contribution is -2.20. The van der Waals surface area contributed by atoms with Crippen LogP contribution in [0.15, 0.2) is 30.3 Å². The summed E-state index contributed by atoms with van der Waals surface area (Å²) in [5, 5.41) is 7.91. The van der Waals surface area contributed by atoms with Gasteiger partial charge in [0.1, 0.15) is 5.75 Å². The van der Waals surface area contributed by atoms with Crippen molar-refractivity contribution in [2.75, 3.05) is 0 Å². The molecule has 112 valence electrons. The number of esters is 1. The molecule has 1 rings (SSSR count). The standard InChI is InChI=1S/C11H14O3.C4H8O2/c1-3-11(12)14-9(2)13-10-7-5-4-6-8-10;1-2-3-4(5)6/h4-9H,3H2,1-2H3;2-3H2,1H3,(H,5,6). The summed E-state index contributed by atoms with van der Waals surface area (Å²) in [6, 6.07) is 9.26. The summed E-state index contributed by atoms with van der Waals surface area (Å²) < 4.78 is 10.3. The summed E-state index contributed by atoms with van der Waals surface area (Å²) in [7, 11) is 0. The summed E-state index contributed by atoms with van der Waals surface area (Å²) in [4.78, 5) is 20.5. The van der Waals surface area contributed by atoms with E-state index in [1.807, 2.05) is 37.3 Å². The van der Waals surface area contributed by atoms with Crippen LogP contribution in [0.3, 0.4) is 0 Å². The van der Waals surface area contributed by atoms with E-state index in [9.17, 15) is 9.59 Å².